The van der Waals surface area contributed by atoms with E-state index < -0.39 is 0 Å². The zero-order chi connectivity index (χ0) is 18.0. The van der Waals surface area contributed by atoms with E-state index in [9.17, 15) is 9.59 Å². The number of hydrogen-bond donors (Lipinski definition) is 1. The topological polar surface area (TPSA) is 62.3 Å². The van der Waals surface area contributed by atoms with Gasteiger partial charge in [-0.25, -0.2) is 4.98 Å². The second-order valence-electron chi connectivity index (χ2n) is 6.77. The summed E-state index contributed by atoms with van der Waals surface area (Å²) in [5, 5.41) is 5.85. The van der Waals surface area contributed by atoms with Crippen LogP contribution in [0.4, 0.5) is 0 Å². The molecule has 0 saturated carbocycles. The Morgan fingerprint density at radius 2 is 2.24 bits per heavy atom. The summed E-state index contributed by atoms with van der Waals surface area (Å²) in [4.78, 5) is 30.6. The Bertz CT molecular complexity index is 784. The molecule has 1 aromatic carbocycles. The average Bonchev–Trinajstić information content (AvgIpc) is 3.19. The molecule has 6 heteroatoms. The fourth-order valence-corrected chi connectivity index (χ4v) is 3.84. The number of nitrogens with zero attached hydrogens (tertiary/aromatic N) is 2. The highest BCUT2D eigenvalue weighted by Crippen LogP contribution is 2.25. The molecule has 1 fully saturated rings. The van der Waals surface area contributed by atoms with Crippen molar-refractivity contribution < 1.29 is 9.59 Å². The zero-order valence-corrected chi connectivity index (χ0v) is 15.6. The molecule has 0 bridgehead atoms. The third-order valence-corrected chi connectivity index (χ3v) is 5.35. The molecule has 3 rings (SSSR count). The van der Waals surface area contributed by atoms with Crippen molar-refractivity contribution in [1.82, 2.24) is 15.2 Å². The largest absolute Gasteiger partial charge is 0.350 e. The van der Waals surface area contributed by atoms with Crippen LogP contribution in [0.2, 0.25) is 0 Å². The fourth-order valence-electron chi connectivity index (χ4n) is 3.03. The first-order valence-corrected chi connectivity index (χ1v) is 9.40. The molecule has 0 spiro atoms. The van der Waals surface area contributed by atoms with Gasteiger partial charge in [0.05, 0.1) is 18.2 Å². The molecule has 2 heterocycles. The van der Waals surface area contributed by atoms with Gasteiger partial charge >= 0.3 is 0 Å². The Morgan fingerprint density at radius 3 is 2.92 bits per heavy atom. The van der Waals surface area contributed by atoms with Gasteiger partial charge < -0.3 is 10.2 Å². The monoisotopic (exact) mass is 357 g/mol. The molecule has 1 atom stereocenters. The van der Waals surface area contributed by atoms with Gasteiger partial charge in [-0.1, -0.05) is 23.8 Å². The van der Waals surface area contributed by atoms with E-state index in [2.05, 4.69) is 29.4 Å². The number of thiazole rings is 1. The number of likely N-dealkylation sites (tertiary alicyclic amines) is 1. The van der Waals surface area contributed by atoms with E-state index in [1.807, 2.05) is 31.4 Å². The second kappa shape index (κ2) is 7.35. The minimum Gasteiger partial charge on any atom is -0.350 e. The number of amides is 2. The van der Waals surface area contributed by atoms with E-state index in [0.717, 1.165) is 16.3 Å². The molecule has 25 heavy (non-hydrogen) atoms. The number of carbonyl (C=O) groups excluding carboxylic acids is 2. The first-order valence-electron chi connectivity index (χ1n) is 8.52. The Labute approximate surface area is 152 Å². The predicted molar refractivity (Wildman–Crippen MR) is 99.1 cm³/mol. The van der Waals surface area contributed by atoms with Gasteiger partial charge in [-0.2, -0.15) is 0 Å². The summed E-state index contributed by atoms with van der Waals surface area (Å²) in [6.45, 7) is 6.91. The molecule has 1 aliphatic rings. The molecule has 1 aliphatic heterocycles. The van der Waals surface area contributed by atoms with Gasteiger partial charge in [-0.05, 0) is 26.8 Å². The highest BCUT2D eigenvalue weighted by Gasteiger charge is 2.35. The summed E-state index contributed by atoms with van der Waals surface area (Å²) >= 11 is 1.58. The molecule has 0 aliphatic carbocycles. The first kappa shape index (κ1) is 17.6. The lowest BCUT2D eigenvalue weighted by Gasteiger charge is -2.20. The van der Waals surface area contributed by atoms with Crippen molar-refractivity contribution >= 4 is 23.2 Å². The van der Waals surface area contributed by atoms with E-state index in [-0.39, 0.29) is 23.8 Å². The number of nitrogens with one attached hydrogen (secondary N) is 1. The number of benzene rings is 1. The number of carbonyl (C=O) groups is 2. The molecular formula is C19H23N3O2S. The van der Waals surface area contributed by atoms with Gasteiger partial charge in [0.1, 0.15) is 5.01 Å². The quantitative estimate of drug-likeness (QED) is 0.895. The lowest BCUT2D eigenvalue weighted by molar-refractivity contribution is -0.130. The summed E-state index contributed by atoms with van der Waals surface area (Å²) in [5.74, 6) is -0.267. The van der Waals surface area contributed by atoms with Crippen LogP contribution in [-0.4, -0.2) is 34.3 Å². The summed E-state index contributed by atoms with van der Waals surface area (Å²) < 4.78 is 0. The molecule has 132 valence electrons. The Kier molecular flexibility index (Phi) is 5.18. The normalized spacial score (nSPS) is 17.4. The van der Waals surface area contributed by atoms with E-state index in [1.165, 1.54) is 5.56 Å². The SMILES string of the molecule is Cc1cccc(-c2nc(CNC(=O)C3CC(=O)N(C(C)C)C3)cs2)c1. The van der Waals surface area contributed by atoms with Crippen molar-refractivity contribution in [3.63, 3.8) is 0 Å². The minimum atomic E-state index is -0.259. The lowest BCUT2D eigenvalue weighted by Crippen LogP contribution is -2.35. The zero-order valence-electron chi connectivity index (χ0n) is 14.8. The molecule has 1 unspecified atom stereocenters. The van der Waals surface area contributed by atoms with E-state index >= 15 is 0 Å². The van der Waals surface area contributed by atoms with Gasteiger partial charge in [0.25, 0.3) is 0 Å². The maximum Gasteiger partial charge on any atom is 0.225 e. The number of hydrogen-bond acceptors (Lipinski definition) is 4. The highest BCUT2D eigenvalue weighted by atomic mass is 32.1. The standard InChI is InChI=1S/C19H23N3O2S/c1-12(2)22-10-15(8-17(22)23)18(24)20-9-16-11-25-19(21-16)14-6-4-5-13(3)7-14/h4-7,11-12,15H,8-10H2,1-3H3,(H,20,24). The lowest BCUT2D eigenvalue weighted by atomic mass is 10.1. The molecule has 2 amide bonds. The van der Waals surface area contributed by atoms with Crippen LogP contribution < -0.4 is 5.32 Å². The molecule has 0 radical (unpaired) electrons. The van der Waals surface area contributed by atoms with Crippen molar-refractivity contribution in [3.05, 3.63) is 40.9 Å². The minimum absolute atomic E-state index is 0.0607. The van der Waals surface area contributed by atoms with Crippen LogP contribution in [0.5, 0.6) is 0 Å². The molecular weight excluding hydrogens is 334 g/mol. The maximum absolute atomic E-state index is 12.3. The molecule has 1 aromatic heterocycles. The number of aryl methyl sites for hydroxylation is 1. The fraction of sp³-hybridized carbons (Fsp3) is 0.421. The van der Waals surface area contributed by atoms with Gasteiger partial charge in [-0.15, -0.1) is 11.3 Å². The summed E-state index contributed by atoms with van der Waals surface area (Å²) in [7, 11) is 0. The van der Waals surface area contributed by atoms with Crippen LogP contribution in [0.15, 0.2) is 29.6 Å². The summed E-state index contributed by atoms with van der Waals surface area (Å²) in [6.07, 6.45) is 0.301. The van der Waals surface area contributed by atoms with Gasteiger partial charge in [0.15, 0.2) is 0 Å². The predicted octanol–water partition coefficient (Wildman–Crippen LogP) is 2.99. The summed E-state index contributed by atoms with van der Waals surface area (Å²) in [6, 6.07) is 8.36. The second-order valence-corrected chi connectivity index (χ2v) is 7.63. The Morgan fingerprint density at radius 1 is 1.44 bits per heavy atom. The van der Waals surface area contributed by atoms with Crippen molar-refractivity contribution in [2.45, 2.75) is 39.8 Å². The third-order valence-electron chi connectivity index (χ3n) is 4.41. The molecule has 1 saturated heterocycles. The van der Waals surface area contributed by atoms with Crippen LogP contribution in [0.3, 0.4) is 0 Å². The van der Waals surface area contributed by atoms with Crippen molar-refractivity contribution in [2.75, 3.05) is 6.54 Å². The maximum atomic E-state index is 12.3. The van der Waals surface area contributed by atoms with Crippen molar-refractivity contribution in [3.8, 4) is 10.6 Å². The smallest absolute Gasteiger partial charge is 0.225 e. The number of aromatic nitrogens is 1. The number of rotatable bonds is 5. The van der Waals surface area contributed by atoms with Crippen LogP contribution in [0.1, 0.15) is 31.5 Å². The van der Waals surface area contributed by atoms with Crippen molar-refractivity contribution in [2.24, 2.45) is 5.92 Å². The Hall–Kier alpha value is -2.21. The van der Waals surface area contributed by atoms with Crippen LogP contribution in [0.25, 0.3) is 10.6 Å². The van der Waals surface area contributed by atoms with Gasteiger partial charge in [-0.3, -0.25) is 9.59 Å². The molecule has 1 N–H and O–H groups in total. The van der Waals surface area contributed by atoms with Gasteiger partial charge in [0.2, 0.25) is 11.8 Å². The van der Waals surface area contributed by atoms with E-state index in [4.69, 9.17) is 0 Å². The van der Waals surface area contributed by atoms with E-state index in [1.54, 1.807) is 16.2 Å². The first-order chi connectivity index (χ1) is 11.9. The van der Waals surface area contributed by atoms with Crippen LogP contribution in [-0.2, 0) is 16.1 Å². The van der Waals surface area contributed by atoms with E-state index in [0.29, 0.717) is 19.5 Å². The highest BCUT2D eigenvalue weighted by molar-refractivity contribution is 7.13. The average molecular weight is 357 g/mol. The van der Waals surface area contributed by atoms with Crippen LogP contribution in [0, 0.1) is 12.8 Å². The van der Waals surface area contributed by atoms with Crippen LogP contribution >= 0.6 is 11.3 Å². The molecule has 5 nitrogen and oxygen atoms in total. The van der Waals surface area contributed by atoms with Gasteiger partial charge in [0, 0.05) is 30.0 Å². The molecule has 2 aromatic rings. The Balaban J connectivity index is 1.58. The summed E-state index contributed by atoms with van der Waals surface area (Å²) in [5.41, 5.74) is 3.14. The third kappa shape index (κ3) is 4.07. The van der Waals surface area contributed by atoms with Crippen molar-refractivity contribution in [1.29, 1.82) is 0 Å².